The van der Waals surface area contributed by atoms with Crippen molar-refractivity contribution in [1.82, 2.24) is 9.97 Å². The summed E-state index contributed by atoms with van der Waals surface area (Å²) in [6, 6.07) is 1.80. The first-order valence-corrected chi connectivity index (χ1v) is 10.2. The van der Waals surface area contributed by atoms with E-state index < -0.39 is 0 Å². The summed E-state index contributed by atoms with van der Waals surface area (Å²) in [7, 11) is 0. The molecule has 0 amide bonds. The summed E-state index contributed by atoms with van der Waals surface area (Å²) in [6.07, 6.45) is 8.32. The predicted molar refractivity (Wildman–Crippen MR) is 91.0 cm³/mol. The third-order valence-electron chi connectivity index (χ3n) is 4.21. The first-order valence-electron chi connectivity index (χ1n) is 7.98. The van der Waals surface area contributed by atoms with E-state index >= 15 is 0 Å². The number of ether oxygens (including phenoxy) is 1. The van der Waals surface area contributed by atoms with Crippen molar-refractivity contribution in [2.24, 2.45) is 5.92 Å². The van der Waals surface area contributed by atoms with Crippen molar-refractivity contribution < 1.29 is 9.53 Å². The van der Waals surface area contributed by atoms with Gasteiger partial charge in [-0.15, -0.1) is 0 Å². The summed E-state index contributed by atoms with van der Waals surface area (Å²) < 4.78 is 5.84. The van der Waals surface area contributed by atoms with Gasteiger partial charge in [0.25, 0.3) is 0 Å². The third-order valence-corrected chi connectivity index (χ3v) is 7.05. The summed E-state index contributed by atoms with van der Waals surface area (Å²) in [5.41, 5.74) is 0. The molecule has 1 aromatic rings. The molecule has 22 heavy (non-hydrogen) atoms. The van der Waals surface area contributed by atoms with Gasteiger partial charge in [0.2, 0.25) is 0 Å². The number of hydrogen-bond donors (Lipinski definition) is 0. The number of esters is 1. The Labute approximate surface area is 140 Å². The van der Waals surface area contributed by atoms with E-state index in [9.17, 15) is 4.79 Å². The van der Waals surface area contributed by atoms with Gasteiger partial charge in [-0.25, -0.2) is 9.97 Å². The van der Waals surface area contributed by atoms with E-state index in [1.165, 1.54) is 18.6 Å². The van der Waals surface area contributed by atoms with E-state index in [0.29, 0.717) is 23.4 Å². The van der Waals surface area contributed by atoms with Gasteiger partial charge < -0.3 is 4.74 Å². The van der Waals surface area contributed by atoms with Gasteiger partial charge in [-0.1, -0.05) is 12.8 Å². The highest BCUT2D eigenvalue weighted by molar-refractivity contribution is 8.06. The molecule has 0 radical (unpaired) electrons. The van der Waals surface area contributed by atoms with E-state index in [2.05, 4.69) is 9.97 Å². The molecule has 2 unspecified atom stereocenters. The zero-order chi connectivity index (χ0) is 15.2. The Hall–Kier alpha value is -0.750. The molecule has 4 nitrogen and oxygen atoms in total. The molecular formula is C16H22N2O2S2. The number of thioether (sulfide) groups is 2. The molecule has 2 atom stereocenters. The van der Waals surface area contributed by atoms with Gasteiger partial charge in [0.15, 0.2) is 11.9 Å². The number of nitrogens with zero attached hydrogens (tertiary/aromatic N) is 2. The lowest BCUT2D eigenvalue weighted by Gasteiger charge is -2.24. The summed E-state index contributed by atoms with van der Waals surface area (Å²) >= 11 is 3.83. The molecule has 0 spiro atoms. The lowest BCUT2D eigenvalue weighted by atomic mass is 10.00. The number of hydrogen-bond acceptors (Lipinski definition) is 6. The van der Waals surface area contributed by atoms with Crippen LogP contribution in [0.5, 0.6) is 0 Å². The highest BCUT2D eigenvalue weighted by Gasteiger charge is 2.32. The summed E-state index contributed by atoms with van der Waals surface area (Å²) in [5, 5.41) is 0.396. The topological polar surface area (TPSA) is 52.1 Å². The van der Waals surface area contributed by atoms with Gasteiger partial charge in [-0.2, -0.15) is 23.5 Å². The molecule has 1 aromatic heterocycles. The molecule has 2 heterocycles. The van der Waals surface area contributed by atoms with Crippen LogP contribution in [0.15, 0.2) is 18.5 Å². The van der Waals surface area contributed by atoms with Crippen LogP contribution in [-0.4, -0.2) is 38.4 Å². The number of carbonyl (C=O) groups excluding carboxylic acids is 1. The lowest BCUT2D eigenvalue weighted by molar-refractivity contribution is -0.152. The van der Waals surface area contributed by atoms with Crippen molar-refractivity contribution >= 4 is 29.5 Å². The van der Waals surface area contributed by atoms with Crippen molar-refractivity contribution in [3.05, 3.63) is 24.3 Å². The molecule has 0 bridgehead atoms. The van der Waals surface area contributed by atoms with Crippen LogP contribution in [0.2, 0.25) is 0 Å². The highest BCUT2D eigenvalue weighted by Crippen LogP contribution is 2.37. The van der Waals surface area contributed by atoms with Gasteiger partial charge in [-0.3, -0.25) is 4.79 Å². The van der Waals surface area contributed by atoms with E-state index in [1.807, 2.05) is 23.5 Å². The molecule has 3 rings (SSSR count). The normalized spacial score (nSPS) is 24.1. The van der Waals surface area contributed by atoms with E-state index in [1.54, 1.807) is 18.5 Å². The minimum absolute atomic E-state index is 0.0932. The van der Waals surface area contributed by atoms with E-state index in [-0.39, 0.29) is 12.1 Å². The van der Waals surface area contributed by atoms with Crippen LogP contribution in [-0.2, 0) is 9.53 Å². The Morgan fingerprint density at radius 2 is 2.05 bits per heavy atom. The van der Waals surface area contributed by atoms with Gasteiger partial charge in [0.05, 0.1) is 6.42 Å². The highest BCUT2D eigenvalue weighted by atomic mass is 32.2. The Balaban J connectivity index is 1.63. The van der Waals surface area contributed by atoms with Gasteiger partial charge in [-0.05, 0) is 18.9 Å². The molecule has 2 aliphatic rings. The van der Waals surface area contributed by atoms with Crippen LogP contribution in [0.25, 0.3) is 0 Å². The summed E-state index contributed by atoms with van der Waals surface area (Å²) in [4.78, 5) is 21.0. The predicted octanol–water partition coefficient (Wildman–Crippen LogP) is 3.49. The maximum absolute atomic E-state index is 12.4. The van der Waals surface area contributed by atoms with Crippen LogP contribution in [0.4, 0.5) is 0 Å². The Bertz CT molecular complexity index is 474. The molecule has 1 saturated heterocycles. The Morgan fingerprint density at radius 3 is 2.73 bits per heavy atom. The molecule has 0 aromatic carbocycles. The minimum atomic E-state index is -0.266. The van der Waals surface area contributed by atoms with Crippen molar-refractivity contribution in [3.8, 4) is 0 Å². The molecule has 1 saturated carbocycles. The fourth-order valence-electron chi connectivity index (χ4n) is 3.11. The zero-order valence-electron chi connectivity index (χ0n) is 12.6. The van der Waals surface area contributed by atoms with Gasteiger partial charge in [0.1, 0.15) is 0 Å². The fraction of sp³-hybridized carbons (Fsp3) is 0.688. The van der Waals surface area contributed by atoms with Gasteiger partial charge in [0, 0.05) is 40.8 Å². The van der Waals surface area contributed by atoms with Crippen LogP contribution in [0, 0.1) is 5.92 Å². The quantitative estimate of drug-likeness (QED) is 0.766. The van der Waals surface area contributed by atoms with Crippen molar-refractivity contribution in [2.45, 2.75) is 43.5 Å². The van der Waals surface area contributed by atoms with E-state index in [4.69, 9.17) is 4.74 Å². The average molecular weight is 338 g/mol. The minimum Gasteiger partial charge on any atom is -0.454 e. The smallest absolute Gasteiger partial charge is 0.307 e. The number of carbonyl (C=O) groups is 1. The van der Waals surface area contributed by atoms with E-state index in [0.717, 1.165) is 24.3 Å². The first-order chi connectivity index (χ1) is 10.8. The second-order valence-corrected chi connectivity index (χ2v) is 8.39. The zero-order valence-corrected chi connectivity index (χ0v) is 14.3. The number of rotatable bonds is 5. The fourth-order valence-corrected chi connectivity index (χ4v) is 5.77. The van der Waals surface area contributed by atoms with Crippen molar-refractivity contribution in [1.29, 1.82) is 0 Å². The molecule has 1 aliphatic carbocycles. The molecular weight excluding hydrogens is 316 g/mol. The molecule has 2 fully saturated rings. The lowest BCUT2D eigenvalue weighted by Crippen LogP contribution is -2.24. The Morgan fingerprint density at radius 1 is 1.27 bits per heavy atom. The van der Waals surface area contributed by atoms with Crippen LogP contribution >= 0.6 is 23.5 Å². The van der Waals surface area contributed by atoms with Crippen molar-refractivity contribution in [2.75, 3.05) is 17.3 Å². The van der Waals surface area contributed by atoms with Crippen molar-refractivity contribution in [3.63, 3.8) is 0 Å². The monoisotopic (exact) mass is 338 g/mol. The number of aromatic nitrogens is 2. The SMILES string of the molecule is O=C(CC1CSCCS1)OC(c1ncccn1)C1CCCC1. The second-order valence-electron chi connectivity index (χ2n) is 5.83. The van der Waals surface area contributed by atoms with Crippen LogP contribution in [0.3, 0.4) is 0 Å². The summed E-state index contributed by atoms with van der Waals surface area (Å²) in [5.74, 6) is 4.32. The maximum Gasteiger partial charge on any atom is 0.307 e. The first kappa shape index (κ1) is 16.1. The van der Waals surface area contributed by atoms with Crippen LogP contribution in [0.1, 0.15) is 44.0 Å². The molecule has 6 heteroatoms. The standard InChI is InChI=1S/C16H22N2O2S2/c19-14(10-13-11-21-8-9-22-13)20-15(12-4-1-2-5-12)16-17-6-3-7-18-16/h3,6-7,12-13,15H,1-2,4-5,8-11H2. The molecule has 0 N–H and O–H groups in total. The van der Waals surface area contributed by atoms with Crippen LogP contribution < -0.4 is 0 Å². The average Bonchev–Trinajstić information content (AvgIpc) is 3.08. The van der Waals surface area contributed by atoms with Gasteiger partial charge >= 0.3 is 5.97 Å². The largest absolute Gasteiger partial charge is 0.454 e. The maximum atomic E-state index is 12.4. The summed E-state index contributed by atoms with van der Waals surface area (Å²) in [6.45, 7) is 0. The Kier molecular flexibility index (Phi) is 6.01. The second kappa shape index (κ2) is 8.20. The third kappa shape index (κ3) is 4.38. The molecule has 1 aliphatic heterocycles. The molecule has 120 valence electrons.